The average Bonchev–Trinajstić information content (AvgIpc) is 3.10. The standard InChI is InChI=1S/C19H22N4O/c1-22(2)18-9-8-16(13-21-18)19-20-10-11-23(19)17(14-24)12-15-6-4-3-5-7-15/h3-11,13,17,24H,12,14H2,1-2H3. The lowest BCUT2D eigenvalue weighted by Gasteiger charge is -2.19. The van der Waals surface area contributed by atoms with Gasteiger partial charge >= 0.3 is 0 Å². The van der Waals surface area contributed by atoms with Gasteiger partial charge in [-0.3, -0.25) is 0 Å². The number of benzene rings is 1. The minimum absolute atomic E-state index is 0.0570. The Balaban J connectivity index is 1.88. The van der Waals surface area contributed by atoms with E-state index in [1.165, 1.54) is 5.56 Å². The minimum Gasteiger partial charge on any atom is -0.394 e. The Morgan fingerprint density at radius 2 is 1.88 bits per heavy atom. The Labute approximate surface area is 142 Å². The second kappa shape index (κ2) is 7.27. The molecule has 0 aliphatic heterocycles. The zero-order chi connectivity index (χ0) is 16.9. The molecule has 124 valence electrons. The molecule has 0 aliphatic rings. The maximum Gasteiger partial charge on any atom is 0.141 e. The smallest absolute Gasteiger partial charge is 0.141 e. The topological polar surface area (TPSA) is 54.2 Å². The highest BCUT2D eigenvalue weighted by atomic mass is 16.3. The second-order valence-electron chi connectivity index (χ2n) is 5.98. The van der Waals surface area contributed by atoms with Gasteiger partial charge in [0.25, 0.3) is 0 Å². The normalized spacial score (nSPS) is 12.1. The summed E-state index contributed by atoms with van der Waals surface area (Å²) < 4.78 is 2.03. The van der Waals surface area contributed by atoms with Gasteiger partial charge in [0, 0.05) is 38.2 Å². The number of pyridine rings is 1. The number of aromatic nitrogens is 3. The third-order valence-electron chi connectivity index (χ3n) is 4.05. The number of nitrogens with zero attached hydrogens (tertiary/aromatic N) is 4. The molecule has 2 heterocycles. The molecule has 0 saturated carbocycles. The van der Waals surface area contributed by atoms with Crippen molar-refractivity contribution in [2.75, 3.05) is 25.6 Å². The van der Waals surface area contributed by atoms with Crippen molar-refractivity contribution in [3.05, 3.63) is 66.6 Å². The van der Waals surface area contributed by atoms with Crippen LogP contribution in [0.25, 0.3) is 11.4 Å². The molecule has 0 radical (unpaired) electrons. The van der Waals surface area contributed by atoms with Crippen LogP contribution < -0.4 is 4.90 Å². The van der Waals surface area contributed by atoms with E-state index in [1.54, 1.807) is 6.20 Å². The quantitative estimate of drug-likeness (QED) is 0.758. The number of rotatable bonds is 6. The summed E-state index contributed by atoms with van der Waals surface area (Å²) >= 11 is 0. The molecular weight excluding hydrogens is 300 g/mol. The van der Waals surface area contributed by atoms with Gasteiger partial charge < -0.3 is 14.6 Å². The Kier molecular flexibility index (Phi) is 4.91. The highest BCUT2D eigenvalue weighted by Crippen LogP contribution is 2.24. The molecule has 1 atom stereocenters. The molecule has 24 heavy (non-hydrogen) atoms. The van der Waals surface area contributed by atoms with Crippen molar-refractivity contribution in [1.29, 1.82) is 0 Å². The summed E-state index contributed by atoms with van der Waals surface area (Å²) in [5.74, 6) is 1.72. The molecule has 5 heteroatoms. The third-order valence-corrected chi connectivity index (χ3v) is 4.05. The van der Waals surface area contributed by atoms with Crippen LogP contribution in [0.1, 0.15) is 11.6 Å². The van der Waals surface area contributed by atoms with Crippen LogP contribution in [0.3, 0.4) is 0 Å². The first-order chi connectivity index (χ1) is 11.7. The molecule has 3 aromatic rings. The van der Waals surface area contributed by atoms with E-state index in [0.29, 0.717) is 0 Å². The molecule has 0 saturated heterocycles. The number of anilines is 1. The lowest BCUT2D eigenvalue weighted by molar-refractivity contribution is 0.228. The molecular formula is C19H22N4O. The molecule has 0 spiro atoms. The molecule has 0 aliphatic carbocycles. The van der Waals surface area contributed by atoms with Crippen molar-refractivity contribution in [1.82, 2.24) is 14.5 Å². The summed E-state index contributed by atoms with van der Waals surface area (Å²) in [5, 5.41) is 9.88. The molecule has 3 rings (SSSR count). The maximum atomic E-state index is 9.88. The Morgan fingerprint density at radius 3 is 2.50 bits per heavy atom. The first-order valence-electron chi connectivity index (χ1n) is 8.00. The predicted octanol–water partition coefficient (Wildman–Crippen LogP) is 2.79. The SMILES string of the molecule is CN(C)c1ccc(-c2nccn2C(CO)Cc2ccccc2)cn1. The summed E-state index contributed by atoms with van der Waals surface area (Å²) in [4.78, 5) is 10.9. The van der Waals surface area contributed by atoms with E-state index in [-0.39, 0.29) is 12.6 Å². The number of hydrogen-bond acceptors (Lipinski definition) is 4. The first-order valence-corrected chi connectivity index (χ1v) is 8.00. The van der Waals surface area contributed by atoms with Gasteiger partial charge in [0.1, 0.15) is 11.6 Å². The van der Waals surface area contributed by atoms with Gasteiger partial charge in [-0.25, -0.2) is 9.97 Å². The third kappa shape index (κ3) is 3.46. The van der Waals surface area contributed by atoms with Crippen LogP contribution in [0.5, 0.6) is 0 Å². The van der Waals surface area contributed by atoms with E-state index >= 15 is 0 Å². The van der Waals surface area contributed by atoms with Crippen LogP contribution in [0.2, 0.25) is 0 Å². The van der Waals surface area contributed by atoms with Crippen molar-refractivity contribution >= 4 is 5.82 Å². The van der Waals surface area contributed by atoms with Gasteiger partial charge in [0.05, 0.1) is 12.6 Å². The number of aliphatic hydroxyl groups excluding tert-OH is 1. The van der Waals surface area contributed by atoms with E-state index < -0.39 is 0 Å². The fourth-order valence-corrected chi connectivity index (χ4v) is 2.75. The van der Waals surface area contributed by atoms with Crippen LogP contribution >= 0.6 is 0 Å². The van der Waals surface area contributed by atoms with Crippen LogP contribution in [0, 0.1) is 0 Å². The van der Waals surface area contributed by atoms with Crippen molar-refractivity contribution < 1.29 is 5.11 Å². The van der Waals surface area contributed by atoms with E-state index in [0.717, 1.165) is 23.6 Å². The van der Waals surface area contributed by atoms with Gasteiger partial charge in [-0.2, -0.15) is 0 Å². The first kappa shape index (κ1) is 16.2. The molecule has 0 bridgehead atoms. The average molecular weight is 322 g/mol. The van der Waals surface area contributed by atoms with E-state index in [9.17, 15) is 5.11 Å². The maximum absolute atomic E-state index is 9.88. The van der Waals surface area contributed by atoms with Crippen molar-refractivity contribution in [2.24, 2.45) is 0 Å². The van der Waals surface area contributed by atoms with E-state index in [1.807, 2.05) is 66.3 Å². The zero-order valence-electron chi connectivity index (χ0n) is 14.0. The monoisotopic (exact) mass is 322 g/mol. The van der Waals surface area contributed by atoms with Crippen LogP contribution in [-0.2, 0) is 6.42 Å². The molecule has 0 fully saturated rings. The van der Waals surface area contributed by atoms with Gasteiger partial charge in [0.2, 0.25) is 0 Å². The van der Waals surface area contributed by atoms with E-state index in [4.69, 9.17) is 0 Å². The molecule has 5 nitrogen and oxygen atoms in total. The summed E-state index contributed by atoms with van der Waals surface area (Å²) in [6.07, 6.45) is 6.26. The van der Waals surface area contributed by atoms with E-state index in [2.05, 4.69) is 22.1 Å². The lowest BCUT2D eigenvalue weighted by Crippen LogP contribution is -2.16. The second-order valence-corrected chi connectivity index (χ2v) is 5.98. The molecule has 1 aromatic carbocycles. The number of aliphatic hydroxyl groups is 1. The van der Waals surface area contributed by atoms with Crippen LogP contribution in [0.15, 0.2) is 61.1 Å². The molecule has 1 N–H and O–H groups in total. The largest absolute Gasteiger partial charge is 0.394 e. The van der Waals surface area contributed by atoms with Gasteiger partial charge in [-0.05, 0) is 24.1 Å². The predicted molar refractivity (Wildman–Crippen MR) is 96.1 cm³/mol. The summed E-state index contributed by atoms with van der Waals surface area (Å²) in [5.41, 5.74) is 2.13. The van der Waals surface area contributed by atoms with Gasteiger partial charge in [-0.1, -0.05) is 30.3 Å². The van der Waals surface area contributed by atoms with Crippen molar-refractivity contribution in [3.8, 4) is 11.4 Å². The van der Waals surface area contributed by atoms with Gasteiger partial charge in [0.15, 0.2) is 0 Å². The minimum atomic E-state index is -0.0570. The van der Waals surface area contributed by atoms with Crippen LogP contribution in [0.4, 0.5) is 5.82 Å². The number of imidazole rings is 1. The summed E-state index contributed by atoms with van der Waals surface area (Å²) in [6.45, 7) is 0.0570. The van der Waals surface area contributed by atoms with Crippen LogP contribution in [-0.4, -0.2) is 40.3 Å². The molecule has 1 unspecified atom stereocenters. The lowest BCUT2D eigenvalue weighted by atomic mass is 10.1. The highest BCUT2D eigenvalue weighted by Gasteiger charge is 2.16. The zero-order valence-corrected chi connectivity index (χ0v) is 14.0. The summed E-state index contributed by atoms with van der Waals surface area (Å²) in [7, 11) is 3.93. The molecule has 0 amide bonds. The van der Waals surface area contributed by atoms with Gasteiger partial charge in [-0.15, -0.1) is 0 Å². The van der Waals surface area contributed by atoms with Crippen molar-refractivity contribution in [3.63, 3.8) is 0 Å². The summed E-state index contributed by atoms with van der Waals surface area (Å²) in [6, 6.07) is 14.1. The Bertz CT molecular complexity index is 766. The Morgan fingerprint density at radius 1 is 1.08 bits per heavy atom. The van der Waals surface area contributed by atoms with Crippen molar-refractivity contribution in [2.45, 2.75) is 12.5 Å². The Hall–Kier alpha value is -2.66. The fourth-order valence-electron chi connectivity index (χ4n) is 2.75. The fraction of sp³-hybridized carbons (Fsp3) is 0.263. The molecule has 2 aromatic heterocycles. The highest BCUT2D eigenvalue weighted by molar-refractivity contribution is 5.57. The number of hydrogen-bond donors (Lipinski definition) is 1.